The highest BCUT2D eigenvalue weighted by Crippen LogP contribution is 2.13. The van der Waals surface area contributed by atoms with Gasteiger partial charge in [0.05, 0.1) is 0 Å². The van der Waals surface area contributed by atoms with E-state index in [2.05, 4.69) is 6.58 Å². The number of rotatable bonds is 2. The zero-order valence-corrected chi connectivity index (χ0v) is 5.09. The standard InChI is InChI=1S/C5H8NS/c1-3-7-5(2)4-6/h3-4,6H,1H2,2H3/q-1/b5-4-. The highest BCUT2D eigenvalue weighted by Gasteiger charge is 1.73. The second-order valence-corrected chi connectivity index (χ2v) is 2.25. The summed E-state index contributed by atoms with van der Waals surface area (Å²) in [6.07, 6.45) is 1.31. The van der Waals surface area contributed by atoms with E-state index >= 15 is 0 Å². The fourth-order valence-corrected chi connectivity index (χ4v) is 0.496. The SMILES string of the molecule is C=CS/C(C)=C\[NH-]. The third-order valence-electron chi connectivity index (χ3n) is 0.472. The summed E-state index contributed by atoms with van der Waals surface area (Å²) in [5.41, 5.74) is 6.68. The van der Waals surface area contributed by atoms with Crippen LogP contribution >= 0.6 is 11.8 Å². The van der Waals surface area contributed by atoms with Crippen molar-refractivity contribution in [3.63, 3.8) is 0 Å². The predicted octanol–water partition coefficient (Wildman–Crippen LogP) is 2.78. The quantitative estimate of drug-likeness (QED) is 0.541. The average molecular weight is 114 g/mol. The lowest BCUT2D eigenvalue weighted by atomic mass is 10.7. The topological polar surface area (TPSA) is 23.8 Å². The van der Waals surface area contributed by atoms with Gasteiger partial charge < -0.3 is 5.73 Å². The van der Waals surface area contributed by atoms with E-state index in [1.54, 1.807) is 5.41 Å². The first kappa shape index (κ1) is 6.63. The first-order valence-corrected chi connectivity index (χ1v) is 2.81. The lowest BCUT2D eigenvalue weighted by molar-refractivity contribution is 1.69. The second-order valence-electron chi connectivity index (χ2n) is 1.04. The zero-order valence-electron chi connectivity index (χ0n) is 4.27. The van der Waals surface area contributed by atoms with Gasteiger partial charge in [0.25, 0.3) is 0 Å². The minimum Gasteiger partial charge on any atom is -0.704 e. The molecule has 0 saturated carbocycles. The van der Waals surface area contributed by atoms with E-state index in [1.807, 2.05) is 6.92 Å². The molecule has 0 aliphatic heterocycles. The predicted molar refractivity (Wildman–Crippen MR) is 35.9 cm³/mol. The third-order valence-corrected chi connectivity index (χ3v) is 1.13. The molecule has 0 aromatic rings. The van der Waals surface area contributed by atoms with Crippen molar-refractivity contribution in [1.29, 1.82) is 0 Å². The fraction of sp³-hybridized carbons (Fsp3) is 0.200. The molecule has 0 rings (SSSR count). The molecule has 0 aliphatic carbocycles. The summed E-state index contributed by atoms with van der Waals surface area (Å²) < 4.78 is 0. The summed E-state index contributed by atoms with van der Waals surface area (Å²) in [6.45, 7) is 5.36. The van der Waals surface area contributed by atoms with Crippen LogP contribution in [-0.4, -0.2) is 0 Å². The van der Waals surface area contributed by atoms with Gasteiger partial charge in [-0.15, -0.1) is 11.8 Å². The maximum Gasteiger partial charge on any atom is -0.0318 e. The Morgan fingerprint density at radius 3 is 2.57 bits per heavy atom. The zero-order chi connectivity index (χ0) is 5.70. The van der Waals surface area contributed by atoms with Crippen molar-refractivity contribution in [2.45, 2.75) is 6.92 Å². The first-order valence-electron chi connectivity index (χ1n) is 1.93. The van der Waals surface area contributed by atoms with Gasteiger partial charge in [-0.25, -0.2) is 0 Å². The molecule has 1 nitrogen and oxygen atoms in total. The molecule has 0 amide bonds. The van der Waals surface area contributed by atoms with E-state index in [4.69, 9.17) is 5.73 Å². The van der Waals surface area contributed by atoms with Crippen molar-refractivity contribution in [2.75, 3.05) is 0 Å². The summed E-state index contributed by atoms with van der Waals surface area (Å²) in [4.78, 5) is 0.968. The molecule has 0 atom stereocenters. The molecular formula is C5H8NS-. The van der Waals surface area contributed by atoms with Crippen LogP contribution < -0.4 is 0 Å². The molecule has 0 aliphatic rings. The lowest BCUT2D eigenvalue weighted by Crippen LogP contribution is -1.54. The number of thioether (sulfide) groups is 1. The smallest absolute Gasteiger partial charge is 0.0318 e. The second kappa shape index (κ2) is 3.81. The van der Waals surface area contributed by atoms with Crippen LogP contribution in [0.3, 0.4) is 0 Å². The van der Waals surface area contributed by atoms with Crippen molar-refractivity contribution >= 4 is 11.8 Å². The van der Waals surface area contributed by atoms with Crippen molar-refractivity contribution < 1.29 is 0 Å². The lowest BCUT2D eigenvalue weighted by Gasteiger charge is -1.93. The fourth-order valence-electron chi connectivity index (χ4n) is 0.165. The van der Waals surface area contributed by atoms with Crippen LogP contribution in [0.5, 0.6) is 0 Å². The Bertz CT molecular complexity index is 86.1. The van der Waals surface area contributed by atoms with Crippen molar-refractivity contribution in [3.05, 3.63) is 28.8 Å². The minimum absolute atomic E-state index is 0.968. The average Bonchev–Trinajstić information content (AvgIpc) is 1.68. The van der Waals surface area contributed by atoms with E-state index in [0.717, 1.165) is 4.91 Å². The molecule has 0 unspecified atom stereocenters. The summed E-state index contributed by atoms with van der Waals surface area (Å²) >= 11 is 1.47. The van der Waals surface area contributed by atoms with E-state index in [-0.39, 0.29) is 0 Å². The Morgan fingerprint density at radius 2 is 2.43 bits per heavy atom. The van der Waals surface area contributed by atoms with Gasteiger partial charge in [-0.1, -0.05) is 6.58 Å². The Morgan fingerprint density at radius 1 is 1.86 bits per heavy atom. The van der Waals surface area contributed by atoms with Gasteiger partial charge in [-0.05, 0) is 17.2 Å². The van der Waals surface area contributed by atoms with Crippen LogP contribution in [0.4, 0.5) is 0 Å². The van der Waals surface area contributed by atoms with Gasteiger partial charge in [-0.3, -0.25) is 0 Å². The van der Waals surface area contributed by atoms with E-state index < -0.39 is 0 Å². The molecule has 0 aromatic carbocycles. The molecule has 2 heteroatoms. The molecule has 40 valence electrons. The highest BCUT2D eigenvalue weighted by atomic mass is 32.2. The van der Waals surface area contributed by atoms with E-state index in [0.29, 0.717) is 0 Å². The van der Waals surface area contributed by atoms with Gasteiger partial charge in [0.2, 0.25) is 0 Å². The highest BCUT2D eigenvalue weighted by molar-refractivity contribution is 8.05. The number of hydrogen-bond acceptors (Lipinski definition) is 1. The van der Waals surface area contributed by atoms with Crippen molar-refractivity contribution in [1.82, 2.24) is 0 Å². The summed E-state index contributed by atoms with van der Waals surface area (Å²) in [5.74, 6) is 0. The number of nitrogens with one attached hydrogen (secondary N) is 1. The number of allylic oxidation sites excluding steroid dienone is 1. The molecule has 0 heterocycles. The van der Waals surface area contributed by atoms with Crippen LogP contribution in [0.25, 0.3) is 5.73 Å². The Kier molecular flexibility index (Phi) is 3.61. The van der Waals surface area contributed by atoms with Crippen LogP contribution in [0.2, 0.25) is 0 Å². The molecule has 7 heavy (non-hydrogen) atoms. The van der Waals surface area contributed by atoms with Gasteiger partial charge in [0.1, 0.15) is 0 Å². The van der Waals surface area contributed by atoms with E-state index in [9.17, 15) is 0 Å². The summed E-state index contributed by atoms with van der Waals surface area (Å²) in [5, 5.41) is 1.71. The molecule has 0 saturated heterocycles. The molecule has 0 spiro atoms. The molecule has 0 radical (unpaired) electrons. The maximum absolute atomic E-state index is 6.68. The molecule has 1 N–H and O–H groups in total. The Balaban J connectivity index is 3.36. The third kappa shape index (κ3) is 3.46. The monoisotopic (exact) mass is 114 g/mol. The number of hydrogen-bond donors (Lipinski definition) is 0. The van der Waals surface area contributed by atoms with Gasteiger partial charge in [-0.2, -0.15) is 6.20 Å². The normalized spacial score (nSPS) is 11.3. The van der Waals surface area contributed by atoms with E-state index in [1.165, 1.54) is 18.0 Å². The molecule has 0 aromatic heterocycles. The van der Waals surface area contributed by atoms with Crippen LogP contribution in [0.15, 0.2) is 23.1 Å². The largest absolute Gasteiger partial charge is 0.704 e. The maximum atomic E-state index is 6.68. The van der Waals surface area contributed by atoms with Crippen LogP contribution in [-0.2, 0) is 0 Å². The van der Waals surface area contributed by atoms with Gasteiger partial charge in [0, 0.05) is 0 Å². The Labute approximate surface area is 48.3 Å². The molecular weight excluding hydrogens is 106 g/mol. The van der Waals surface area contributed by atoms with Gasteiger partial charge >= 0.3 is 0 Å². The van der Waals surface area contributed by atoms with Gasteiger partial charge in [0.15, 0.2) is 0 Å². The van der Waals surface area contributed by atoms with Crippen LogP contribution in [0.1, 0.15) is 6.92 Å². The van der Waals surface area contributed by atoms with Crippen LogP contribution in [0, 0.1) is 0 Å². The summed E-state index contributed by atoms with van der Waals surface area (Å²) in [6, 6.07) is 0. The minimum atomic E-state index is 0.968. The molecule has 0 fully saturated rings. The summed E-state index contributed by atoms with van der Waals surface area (Å²) in [7, 11) is 0. The van der Waals surface area contributed by atoms with Crippen molar-refractivity contribution in [3.8, 4) is 0 Å². The molecule has 0 bridgehead atoms. The Hall–Kier alpha value is -0.370. The van der Waals surface area contributed by atoms with Crippen molar-refractivity contribution in [2.24, 2.45) is 0 Å². The first-order chi connectivity index (χ1) is 3.31.